The molecule has 0 radical (unpaired) electrons. The van der Waals surface area contributed by atoms with Gasteiger partial charge in [-0.05, 0) is 43.5 Å². The first-order valence-electron chi connectivity index (χ1n) is 5.51. The van der Waals surface area contributed by atoms with Gasteiger partial charge in [-0.2, -0.15) is 0 Å². The Morgan fingerprint density at radius 1 is 1.60 bits per heavy atom. The quantitative estimate of drug-likeness (QED) is 0.758. The Kier molecular flexibility index (Phi) is 3.31. The fourth-order valence-corrected chi connectivity index (χ4v) is 2.18. The van der Waals surface area contributed by atoms with Crippen molar-refractivity contribution in [1.82, 2.24) is 9.88 Å². The Hall–Kier alpha value is -0.960. The number of alkyl halides is 1. The number of likely N-dealkylation sites (tertiary alicyclic amines) is 1. The van der Waals surface area contributed by atoms with E-state index < -0.39 is 0 Å². The van der Waals surface area contributed by atoms with E-state index in [0.29, 0.717) is 0 Å². The molecule has 0 amide bonds. The third kappa shape index (κ3) is 2.34. The molecule has 2 heterocycles. The van der Waals surface area contributed by atoms with Crippen LogP contribution >= 0.6 is 0 Å². The number of hydrogen-bond acceptors (Lipinski definition) is 2. The molecule has 1 aliphatic heterocycles. The molecule has 15 heavy (non-hydrogen) atoms. The minimum absolute atomic E-state index is 0.137. The smallest absolute Gasteiger partial charge is 0.105 e. The molecule has 0 unspecified atom stereocenters. The van der Waals surface area contributed by atoms with Crippen molar-refractivity contribution >= 4 is 0 Å². The maximum atomic E-state index is 12.7. The van der Waals surface area contributed by atoms with Gasteiger partial charge in [0, 0.05) is 25.0 Å². The lowest BCUT2D eigenvalue weighted by Gasteiger charge is -2.22. The van der Waals surface area contributed by atoms with E-state index in [1.807, 2.05) is 18.5 Å². The number of pyridine rings is 1. The van der Waals surface area contributed by atoms with Crippen molar-refractivity contribution in [3.8, 4) is 0 Å². The maximum Gasteiger partial charge on any atom is 0.105 e. The summed E-state index contributed by atoms with van der Waals surface area (Å²) in [6.45, 7) is 3.73. The summed E-state index contributed by atoms with van der Waals surface area (Å²) in [5.74, 6) is 0. The average molecular weight is 208 g/mol. The molecule has 1 atom stereocenters. The molecule has 1 aliphatic rings. The molecule has 0 saturated carbocycles. The van der Waals surface area contributed by atoms with Gasteiger partial charge in [-0.3, -0.25) is 9.88 Å². The van der Waals surface area contributed by atoms with E-state index >= 15 is 0 Å². The van der Waals surface area contributed by atoms with Gasteiger partial charge in [0.2, 0.25) is 0 Å². The molecule has 3 heteroatoms. The highest BCUT2D eigenvalue weighted by atomic mass is 19.1. The minimum atomic E-state index is -0.218. The lowest BCUT2D eigenvalue weighted by molar-refractivity contribution is 0.207. The van der Waals surface area contributed by atoms with Crippen LogP contribution in [0.3, 0.4) is 0 Å². The molecular formula is C12H17FN2. The van der Waals surface area contributed by atoms with Crippen LogP contribution < -0.4 is 0 Å². The normalized spacial score (nSPS) is 22.1. The Morgan fingerprint density at radius 3 is 3.20 bits per heavy atom. The lowest BCUT2D eigenvalue weighted by Crippen LogP contribution is -2.30. The molecule has 82 valence electrons. The van der Waals surface area contributed by atoms with Gasteiger partial charge in [0.15, 0.2) is 0 Å². The average Bonchev–Trinajstić information content (AvgIpc) is 2.69. The SMILES string of the molecule is Cc1cnccc1CN1CCC[C@H]1CF. The molecule has 1 fully saturated rings. The standard InChI is InChI=1S/C12H17FN2/c1-10-8-14-5-4-11(10)9-15-6-2-3-12(15)7-13/h4-5,8,12H,2-3,6-7,9H2,1H3/t12-/m0/s1. The van der Waals surface area contributed by atoms with Crippen molar-refractivity contribution in [3.05, 3.63) is 29.6 Å². The van der Waals surface area contributed by atoms with Crippen LogP contribution in [0.15, 0.2) is 18.5 Å². The molecule has 1 saturated heterocycles. The van der Waals surface area contributed by atoms with Crippen molar-refractivity contribution in [1.29, 1.82) is 0 Å². The van der Waals surface area contributed by atoms with Gasteiger partial charge in [-0.15, -0.1) is 0 Å². The predicted octanol–water partition coefficient (Wildman–Crippen LogP) is 2.32. The van der Waals surface area contributed by atoms with Crippen LogP contribution in [0.25, 0.3) is 0 Å². The molecule has 1 aromatic heterocycles. The van der Waals surface area contributed by atoms with Crippen LogP contribution in [0.5, 0.6) is 0 Å². The summed E-state index contributed by atoms with van der Waals surface area (Å²) in [6.07, 6.45) is 5.80. The molecule has 0 N–H and O–H groups in total. The fourth-order valence-electron chi connectivity index (χ4n) is 2.18. The summed E-state index contributed by atoms with van der Waals surface area (Å²) in [4.78, 5) is 6.30. The molecule has 0 aromatic carbocycles. The van der Waals surface area contributed by atoms with E-state index in [0.717, 1.165) is 25.9 Å². The lowest BCUT2D eigenvalue weighted by atomic mass is 10.1. The summed E-state index contributed by atoms with van der Waals surface area (Å²) in [5.41, 5.74) is 2.47. The highest BCUT2D eigenvalue weighted by molar-refractivity contribution is 5.21. The molecule has 1 aromatic rings. The van der Waals surface area contributed by atoms with Gasteiger partial charge in [-0.25, -0.2) is 4.39 Å². The largest absolute Gasteiger partial charge is 0.294 e. The number of nitrogens with zero attached hydrogens (tertiary/aromatic N) is 2. The number of rotatable bonds is 3. The van der Waals surface area contributed by atoms with Gasteiger partial charge < -0.3 is 0 Å². The van der Waals surface area contributed by atoms with E-state index in [1.165, 1.54) is 11.1 Å². The van der Waals surface area contributed by atoms with Gasteiger partial charge in [0.25, 0.3) is 0 Å². The van der Waals surface area contributed by atoms with Crippen molar-refractivity contribution in [2.45, 2.75) is 32.4 Å². The molecule has 0 bridgehead atoms. The number of aryl methyl sites for hydroxylation is 1. The minimum Gasteiger partial charge on any atom is -0.294 e. The predicted molar refractivity (Wildman–Crippen MR) is 58.4 cm³/mol. The third-order valence-electron chi connectivity index (χ3n) is 3.19. The van der Waals surface area contributed by atoms with Gasteiger partial charge in [0.1, 0.15) is 6.67 Å². The second-order valence-corrected chi connectivity index (χ2v) is 4.22. The molecular weight excluding hydrogens is 191 g/mol. The van der Waals surface area contributed by atoms with Gasteiger partial charge >= 0.3 is 0 Å². The Balaban J connectivity index is 2.05. The van der Waals surface area contributed by atoms with Crippen LogP contribution in [0, 0.1) is 6.92 Å². The van der Waals surface area contributed by atoms with E-state index in [4.69, 9.17) is 0 Å². The zero-order valence-electron chi connectivity index (χ0n) is 9.12. The Bertz CT molecular complexity index is 327. The summed E-state index contributed by atoms with van der Waals surface area (Å²) in [6, 6.07) is 2.17. The van der Waals surface area contributed by atoms with E-state index in [2.05, 4.69) is 16.8 Å². The summed E-state index contributed by atoms with van der Waals surface area (Å²) >= 11 is 0. The molecule has 2 rings (SSSR count). The second-order valence-electron chi connectivity index (χ2n) is 4.22. The molecule has 0 spiro atoms. The highest BCUT2D eigenvalue weighted by Gasteiger charge is 2.24. The number of halogens is 1. The summed E-state index contributed by atoms with van der Waals surface area (Å²) in [5, 5.41) is 0. The van der Waals surface area contributed by atoms with Crippen molar-refractivity contribution in [2.75, 3.05) is 13.2 Å². The Morgan fingerprint density at radius 2 is 2.47 bits per heavy atom. The first kappa shape index (κ1) is 10.6. The van der Waals surface area contributed by atoms with Crippen LogP contribution in [0.2, 0.25) is 0 Å². The van der Waals surface area contributed by atoms with Gasteiger partial charge in [-0.1, -0.05) is 0 Å². The number of aromatic nitrogens is 1. The fraction of sp³-hybridized carbons (Fsp3) is 0.583. The third-order valence-corrected chi connectivity index (χ3v) is 3.19. The first-order chi connectivity index (χ1) is 7.31. The van der Waals surface area contributed by atoms with Gasteiger partial charge in [0.05, 0.1) is 0 Å². The summed E-state index contributed by atoms with van der Waals surface area (Å²) in [7, 11) is 0. The van der Waals surface area contributed by atoms with Crippen molar-refractivity contribution < 1.29 is 4.39 Å². The van der Waals surface area contributed by atoms with Crippen molar-refractivity contribution in [2.24, 2.45) is 0 Å². The maximum absolute atomic E-state index is 12.7. The van der Waals surface area contributed by atoms with Crippen molar-refractivity contribution in [3.63, 3.8) is 0 Å². The molecule has 0 aliphatic carbocycles. The van der Waals surface area contributed by atoms with E-state index in [9.17, 15) is 4.39 Å². The van der Waals surface area contributed by atoms with E-state index in [-0.39, 0.29) is 12.7 Å². The first-order valence-corrected chi connectivity index (χ1v) is 5.51. The zero-order valence-corrected chi connectivity index (χ0v) is 9.12. The highest BCUT2D eigenvalue weighted by Crippen LogP contribution is 2.21. The van der Waals surface area contributed by atoms with Crippen LogP contribution in [0.4, 0.5) is 4.39 Å². The molecule has 2 nitrogen and oxygen atoms in total. The topological polar surface area (TPSA) is 16.1 Å². The van der Waals surface area contributed by atoms with Crippen LogP contribution in [-0.4, -0.2) is 29.1 Å². The summed E-state index contributed by atoms with van der Waals surface area (Å²) < 4.78 is 12.7. The van der Waals surface area contributed by atoms with Crippen LogP contribution in [-0.2, 0) is 6.54 Å². The van der Waals surface area contributed by atoms with E-state index in [1.54, 1.807) is 0 Å². The number of hydrogen-bond donors (Lipinski definition) is 0. The van der Waals surface area contributed by atoms with Crippen LogP contribution in [0.1, 0.15) is 24.0 Å². The Labute approximate surface area is 90.1 Å². The second kappa shape index (κ2) is 4.71. The monoisotopic (exact) mass is 208 g/mol. The zero-order chi connectivity index (χ0) is 10.7.